The van der Waals surface area contributed by atoms with Gasteiger partial charge in [0.2, 0.25) is 5.91 Å². The molecule has 0 unspecified atom stereocenters. The number of aromatic nitrogens is 1. The maximum absolute atomic E-state index is 13.1. The molecule has 0 fully saturated rings. The van der Waals surface area contributed by atoms with Gasteiger partial charge in [-0.2, -0.15) is 0 Å². The van der Waals surface area contributed by atoms with Gasteiger partial charge in [-0.05, 0) is 53.9 Å². The molecule has 0 saturated carbocycles. The molecule has 0 atom stereocenters. The largest absolute Gasteiger partial charge is 0.352 e. The van der Waals surface area contributed by atoms with E-state index in [0.717, 1.165) is 11.1 Å². The van der Waals surface area contributed by atoms with E-state index in [-0.39, 0.29) is 17.6 Å². The summed E-state index contributed by atoms with van der Waals surface area (Å²) in [5, 5.41) is 5.64. The van der Waals surface area contributed by atoms with Gasteiger partial charge in [0.1, 0.15) is 5.82 Å². The lowest BCUT2D eigenvalue weighted by Gasteiger charge is -2.08. The second kappa shape index (κ2) is 9.41. The van der Waals surface area contributed by atoms with Crippen LogP contribution in [0.1, 0.15) is 27.9 Å². The van der Waals surface area contributed by atoms with Crippen LogP contribution in [0, 0.1) is 5.82 Å². The number of nitrogens with zero attached hydrogens (tertiary/aromatic N) is 1. The number of nitrogens with one attached hydrogen (secondary N) is 2. The van der Waals surface area contributed by atoms with Crippen LogP contribution in [0.2, 0.25) is 0 Å². The molecular formula is C22H20FN3O2. The quantitative estimate of drug-likeness (QED) is 0.659. The summed E-state index contributed by atoms with van der Waals surface area (Å²) in [6.07, 6.45) is 3.90. The fourth-order valence-electron chi connectivity index (χ4n) is 2.65. The first-order valence-electron chi connectivity index (χ1n) is 8.91. The van der Waals surface area contributed by atoms with E-state index in [1.807, 2.05) is 12.1 Å². The van der Waals surface area contributed by atoms with Crippen LogP contribution in [-0.2, 0) is 17.8 Å². The summed E-state index contributed by atoms with van der Waals surface area (Å²) in [6, 6.07) is 16.9. The zero-order valence-electron chi connectivity index (χ0n) is 15.2. The SMILES string of the molecule is O=C(CCc1cccc(F)c1)NCc1ccc(NC(=O)c2cccnc2)cc1. The Balaban J connectivity index is 1.45. The molecule has 5 nitrogen and oxygen atoms in total. The molecule has 1 aromatic heterocycles. The predicted octanol–water partition coefficient (Wildman–Crippen LogP) is 3.72. The molecule has 0 aliphatic heterocycles. The lowest BCUT2D eigenvalue weighted by molar-refractivity contribution is -0.121. The molecule has 2 aromatic carbocycles. The number of carbonyl (C=O) groups excluding carboxylic acids is 2. The van der Waals surface area contributed by atoms with Crippen molar-refractivity contribution >= 4 is 17.5 Å². The molecule has 0 radical (unpaired) electrons. The van der Waals surface area contributed by atoms with E-state index in [1.165, 1.54) is 18.3 Å². The molecule has 0 spiro atoms. The van der Waals surface area contributed by atoms with Crippen molar-refractivity contribution in [2.24, 2.45) is 0 Å². The Morgan fingerprint density at radius 3 is 2.50 bits per heavy atom. The van der Waals surface area contributed by atoms with Gasteiger partial charge in [-0.3, -0.25) is 14.6 Å². The van der Waals surface area contributed by atoms with Crippen LogP contribution in [0.25, 0.3) is 0 Å². The second-order valence-electron chi connectivity index (χ2n) is 6.30. The van der Waals surface area contributed by atoms with Gasteiger partial charge in [0, 0.05) is 31.0 Å². The highest BCUT2D eigenvalue weighted by molar-refractivity contribution is 6.04. The van der Waals surface area contributed by atoms with Gasteiger partial charge >= 0.3 is 0 Å². The number of rotatable bonds is 7. The molecule has 2 amide bonds. The van der Waals surface area contributed by atoms with Crippen molar-refractivity contribution in [3.8, 4) is 0 Å². The number of benzene rings is 2. The summed E-state index contributed by atoms with van der Waals surface area (Å²) in [5.74, 6) is -0.627. The molecule has 3 aromatic rings. The zero-order chi connectivity index (χ0) is 19.8. The van der Waals surface area contributed by atoms with Gasteiger partial charge < -0.3 is 10.6 Å². The van der Waals surface area contributed by atoms with E-state index >= 15 is 0 Å². The number of anilines is 1. The summed E-state index contributed by atoms with van der Waals surface area (Å²) in [5.41, 5.74) is 2.86. The van der Waals surface area contributed by atoms with Crippen molar-refractivity contribution in [1.82, 2.24) is 10.3 Å². The standard InChI is InChI=1S/C22H20FN3O2/c23-19-5-1-3-16(13-19)8-11-21(27)25-14-17-6-9-20(10-7-17)26-22(28)18-4-2-12-24-15-18/h1-7,9-10,12-13,15H,8,11,14H2,(H,25,27)(H,26,28). The van der Waals surface area contributed by atoms with Gasteiger partial charge in [0.25, 0.3) is 5.91 Å². The summed E-state index contributed by atoms with van der Waals surface area (Å²) < 4.78 is 13.1. The number of carbonyl (C=O) groups is 2. The van der Waals surface area contributed by atoms with E-state index in [0.29, 0.717) is 30.6 Å². The Kier molecular flexibility index (Phi) is 6.46. The molecule has 1 heterocycles. The number of hydrogen-bond donors (Lipinski definition) is 2. The highest BCUT2D eigenvalue weighted by Gasteiger charge is 2.06. The van der Waals surface area contributed by atoms with Crippen LogP contribution in [0.3, 0.4) is 0 Å². The number of hydrogen-bond acceptors (Lipinski definition) is 3. The molecule has 0 saturated heterocycles. The molecule has 6 heteroatoms. The topological polar surface area (TPSA) is 71.1 Å². The second-order valence-corrected chi connectivity index (χ2v) is 6.30. The minimum atomic E-state index is -0.298. The van der Waals surface area contributed by atoms with Gasteiger partial charge in [-0.25, -0.2) is 4.39 Å². The Hall–Kier alpha value is -3.54. The van der Waals surface area contributed by atoms with Crippen LogP contribution >= 0.6 is 0 Å². The molecular weight excluding hydrogens is 357 g/mol. The third-order valence-electron chi connectivity index (χ3n) is 4.15. The van der Waals surface area contributed by atoms with Crippen LogP contribution in [0.15, 0.2) is 73.1 Å². The van der Waals surface area contributed by atoms with Crippen molar-refractivity contribution in [3.63, 3.8) is 0 Å². The predicted molar refractivity (Wildman–Crippen MR) is 105 cm³/mol. The average Bonchev–Trinajstić information content (AvgIpc) is 2.72. The van der Waals surface area contributed by atoms with Crippen LogP contribution in [0.4, 0.5) is 10.1 Å². The Morgan fingerprint density at radius 2 is 1.79 bits per heavy atom. The summed E-state index contributed by atoms with van der Waals surface area (Å²) in [7, 11) is 0. The molecule has 28 heavy (non-hydrogen) atoms. The third-order valence-corrected chi connectivity index (χ3v) is 4.15. The molecule has 3 rings (SSSR count). The maximum atomic E-state index is 13.1. The zero-order valence-corrected chi connectivity index (χ0v) is 15.2. The van der Waals surface area contributed by atoms with Crippen molar-refractivity contribution in [3.05, 3.63) is 95.6 Å². The van der Waals surface area contributed by atoms with E-state index in [1.54, 1.807) is 42.6 Å². The Morgan fingerprint density at radius 1 is 0.964 bits per heavy atom. The van der Waals surface area contributed by atoms with Crippen LogP contribution in [0.5, 0.6) is 0 Å². The summed E-state index contributed by atoms with van der Waals surface area (Å²) in [4.78, 5) is 28.0. The number of pyridine rings is 1. The van der Waals surface area contributed by atoms with Crippen LogP contribution in [-0.4, -0.2) is 16.8 Å². The van der Waals surface area contributed by atoms with E-state index in [9.17, 15) is 14.0 Å². The number of aryl methyl sites for hydroxylation is 1. The first-order valence-corrected chi connectivity index (χ1v) is 8.91. The minimum absolute atomic E-state index is 0.0989. The fraction of sp³-hybridized carbons (Fsp3) is 0.136. The average molecular weight is 377 g/mol. The lowest BCUT2D eigenvalue weighted by atomic mass is 10.1. The highest BCUT2D eigenvalue weighted by Crippen LogP contribution is 2.11. The molecule has 0 bridgehead atoms. The Bertz CT molecular complexity index is 944. The van der Waals surface area contributed by atoms with Crippen molar-refractivity contribution in [1.29, 1.82) is 0 Å². The van der Waals surface area contributed by atoms with E-state index in [4.69, 9.17) is 0 Å². The highest BCUT2D eigenvalue weighted by atomic mass is 19.1. The van der Waals surface area contributed by atoms with Crippen molar-refractivity contribution in [2.75, 3.05) is 5.32 Å². The summed E-state index contributed by atoms with van der Waals surface area (Å²) in [6.45, 7) is 0.388. The van der Waals surface area contributed by atoms with Crippen LogP contribution < -0.4 is 10.6 Å². The third kappa shape index (κ3) is 5.74. The smallest absolute Gasteiger partial charge is 0.257 e. The van der Waals surface area contributed by atoms with Gasteiger partial charge in [0.15, 0.2) is 0 Å². The summed E-state index contributed by atoms with van der Waals surface area (Å²) >= 11 is 0. The van der Waals surface area contributed by atoms with Crippen molar-refractivity contribution in [2.45, 2.75) is 19.4 Å². The van der Waals surface area contributed by atoms with Gasteiger partial charge in [-0.1, -0.05) is 24.3 Å². The van der Waals surface area contributed by atoms with Crippen molar-refractivity contribution < 1.29 is 14.0 Å². The van der Waals surface area contributed by atoms with Gasteiger partial charge in [-0.15, -0.1) is 0 Å². The number of halogens is 1. The first-order chi connectivity index (χ1) is 13.6. The molecule has 0 aliphatic rings. The lowest BCUT2D eigenvalue weighted by Crippen LogP contribution is -2.23. The fourth-order valence-corrected chi connectivity index (χ4v) is 2.65. The molecule has 2 N–H and O–H groups in total. The normalized spacial score (nSPS) is 10.3. The first kappa shape index (κ1) is 19.2. The maximum Gasteiger partial charge on any atom is 0.257 e. The van der Waals surface area contributed by atoms with E-state index in [2.05, 4.69) is 15.6 Å². The van der Waals surface area contributed by atoms with Gasteiger partial charge in [0.05, 0.1) is 5.56 Å². The number of amides is 2. The van der Waals surface area contributed by atoms with E-state index < -0.39 is 0 Å². The molecule has 0 aliphatic carbocycles. The minimum Gasteiger partial charge on any atom is -0.352 e. The molecule has 142 valence electrons. The monoisotopic (exact) mass is 377 g/mol. The Labute approximate surface area is 162 Å².